The second-order valence-corrected chi connectivity index (χ2v) is 4.04. The monoisotopic (exact) mass is 264 g/mol. The third kappa shape index (κ3) is 2.76. The molecule has 0 unspecified atom stereocenters. The van der Waals surface area contributed by atoms with E-state index >= 15 is 0 Å². The summed E-state index contributed by atoms with van der Waals surface area (Å²) in [6, 6.07) is 3.99. The molecule has 1 aromatic heterocycles. The van der Waals surface area contributed by atoms with Crippen molar-refractivity contribution in [2.24, 2.45) is 0 Å². The van der Waals surface area contributed by atoms with Gasteiger partial charge in [-0.15, -0.1) is 0 Å². The molecule has 2 rings (SSSR count). The highest BCUT2D eigenvalue weighted by Gasteiger charge is 2.19. The topological polar surface area (TPSA) is 47.3 Å². The number of hydrogen-bond donors (Lipinski definition) is 0. The highest BCUT2D eigenvalue weighted by molar-refractivity contribution is 6.13. The van der Waals surface area contributed by atoms with E-state index in [9.17, 15) is 18.4 Å². The van der Waals surface area contributed by atoms with E-state index in [1.807, 2.05) is 0 Å². The summed E-state index contributed by atoms with van der Waals surface area (Å²) in [6.45, 7) is 1.58. The van der Waals surface area contributed by atoms with E-state index in [1.54, 1.807) is 6.92 Å². The standard InChI is InChI=1S/C14H10F2O3/c1-8-10(4-5-19-8)13(17)7-14(18)11-6-9(15)2-3-12(11)16/h2-6H,7H2,1H3. The van der Waals surface area contributed by atoms with Crippen LogP contribution in [0.25, 0.3) is 0 Å². The average Bonchev–Trinajstić information content (AvgIpc) is 2.78. The summed E-state index contributed by atoms with van der Waals surface area (Å²) in [6.07, 6.45) is 0.802. The van der Waals surface area contributed by atoms with Crippen LogP contribution in [0.2, 0.25) is 0 Å². The number of rotatable bonds is 4. The van der Waals surface area contributed by atoms with Gasteiger partial charge in [0, 0.05) is 0 Å². The molecule has 0 saturated heterocycles. The molecule has 0 atom stereocenters. The number of carbonyl (C=O) groups is 2. The van der Waals surface area contributed by atoms with Crippen molar-refractivity contribution in [3.05, 3.63) is 59.1 Å². The van der Waals surface area contributed by atoms with Gasteiger partial charge in [0.2, 0.25) is 0 Å². The van der Waals surface area contributed by atoms with Gasteiger partial charge in [0.05, 0.1) is 23.8 Å². The van der Waals surface area contributed by atoms with Crippen LogP contribution in [0.15, 0.2) is 34.9 Å². The van der Waals surface area contributed by atoms with Crippen molar-refractivity contribution in [1.82, 2.24) is 0 Å². The van der Waals surface area contributed by atoms with Gasteiger partial charge in [0.1, 0.15) is 17.4 Å². The Morgan fingerprint density at radius 3 is 2.42 bits per heavy atom. The smallest absolute Gasteiger partial charge is 0.174 e. The van der Waals surface area contributed by atoms with Crippen LogP contribution in [0.4, 0.5) is 8.78 Å². The van der Waals surface area contributed by atoms with Crippen molar-refractivity contribution in [2.45, 2.75) is 13.3 Å². The third-order valence-corrected chi connectivity index (χ3v) is 2.71. The van der Waals surface area contributed by atoms with Crippen molar-refractivity contribution in [3.8, 4) is 0 Å². The summed E-state index contributed by atoms with van der Waals surface area (Å²) in [5.74, 6) is -2.43. The maximum atomic E-state index is 13.4. The fraction of sp³-hybridized carbons (Fsp3) is 0.143. The Hall–Kier alpha value is -2.30. The predicted octanol–water partition coefficient (Wildman–Crippen LogP) is 3.32. The zero-order valence-electron chi connectivity index (χ0n) is 10.1. The molecule has 0 fully saturated rings. The van der Waals surface area contributed by atoms with Crippen molar-refractivity contribution in [1.29, 1.82) is 0 Å². The molecule has 0 amide bonds. The summed E-state index contributed by atoms with van der Waals surface area (Å²) in [7, 11) is 0. The Bertz CT molecular complexity index is 644. The summed E-state index contributed by atoms with van der Waals surface area (Å²) in [5.41, 5.74) is -0.153. The lowest BCUT2D eigenvalue weighted by atomic mass is 10.0. The van der Waals surface area contributed by atoms with E-state index in [1.165, 1.54) is 12.3 Å². The number of halogens is 2. The molecule has 0 aliphatic carbocycles. The highest BCUT2D eigenvalue weighted by Crippen LogP contribution is 2.16. The minimum atomic E-state index is -0.844. The Morgan fingerprint density at radius 1 is 1.11 bits per heavy atom. The Balaban J connectivity index is 2.20. The van der Waals surface area contributed by atoms with Gasteiger partial charge in [0.25, 0.3) is 0 Å². The predicted molar refractivity (Wildman–Crippen MR) is 63.1 cm³/mol. The van der Waals surface area contributed by atoms with Crippen LogP contribution < -0.4 is 0 Å². The maximum Gasteiger partial charge on any atom is 0.174 e. The van der Waals surface area contributed by atoms with E-state index in [2.05, 4.69) is 0 Å². The molecule has 2 aromatic rings. The molecule has 0 radical (unpaired) electrons. The highest BCUT2D eigenvalue weighted by atomic mass is 19.1. The average molecular weight is 264 g/mol. The second-order valence-electron chi connectivity index (χ2n) is 4.04. The first-order valence-corrected chi connectivity index (χ1v) is 5.54. The molecule has 0 aliphatic heterocycles. The SMILES string of the molecule is Cc1occc1C(=O)CC(=O)c1cc(F)ccc1F. The lowest BCUT2D eigenvalue weighted by molar-refractivity contribution is 0.0891. The Kier molecular flexibility index (Phi) is 3.55. The van der Waals surface area contributed by atoms with E-state index in [0.717, 1.165) is 18.2 Å². The minimum absolute atomic E-state index is 0.269. The summed E-state index contributed by atoms with van der Waals surface area (Å²) in [5, 5.41) is 0. The van der Waals surface area contributed by atoms with Crippen LogP contribution >= 0.6 is 0 Å². The lowest BCUT2D eigenvalue weighted by Crippen LogP contribution is -2.10. The first-order chi connectivity index (χ1) is 8.99. The molecule has 0 saturated carbocycles. The third-order valence-electron chi connectivity index (χ3n) is 2.71. The van der Waals surface area contributed by atoms with Crippen LogP contribution in [0.1, 0.15) is 32.9 Å². The Labute approximate surface area is 107 Å². The quantitative estimate of drug-likeness (QED) is 0.628. The van der Waals surface area contributed by atoms with Crippen LogP contribution in [-0.4, -0.2) is 11.6 Å². The molecule has 19 heavy (non-hydrogen) atoms. The number of ketones is 2. The maximum absolute atomic E-state index is 13.4. The van der Waals surface area contributed by atoms with Crippen molar-refractivity contribution >= 4 is 11.6 Å². The minimum Gasteiger partial charge on any atom is -0.469 e. The molecule has 0 spiro atoms. The van der Waals surface area contributed by atoms with Crippen LogP contribution in [0.5, 0.6) is 0 Å². The van der Waals surface area contributed by atoms with Gasteiger partial charge in [-0.3, -0.25) is 9.59 Å². The van der Waals surface area contributed by atoms with Crippen molar-refractivity contribution < 1.29 is 22.8 Å². The molecule has 1 heterocycles. The van der Waals surface area contributed by atoms with E-state index in [-0.39, 0.29) is 5.56 Å². The van der Waals surface area contributed by atoms with E-state index in [0.29, 0.717) is 5.76 Å². The van der Waals surface area contributed by atoms with Crippen LogP contribution in [0.3, 0.4) is 0 Å². The molecule has 3 nitrogen and oxygen atoms in total. The lowest BCUT2D eigenvalue weighted by Gasteiger charge is -2.02. The molecular formula is C14H10F2O3. The van der Waals surface area contributed by atoms with Crippen molar-refractivity contribution in [2.75, 3.05) is 0 Å². The second kappa shape index (κ2) is 5.14. The molecule has 0 N–H and O–H groups in total. The van der Waals surface area contributed by atoms with E-state index in [4.69, 9.17) is 4.42 Å². The summed E-state index contributed by atoms with van der Waals surface area (Å²) >= 11 is 0. The molecular weight excluding hydrogens is 254 g/mol. The van der Waals surface area contributed by atoms with Gasteiger partial charge in [-0.05, 0) is 31.2 Å². The van der Waals surface area contributed by atoms with Gasteiger partial charge in [-0.2, -0.15) is 0 Å². The number of aryl methyl sites for hydroxylation is 1. The molecule has 0 aliphatic rings. The van der Waals surface area contributed by atoms with Gasteiger partial charge < -0.3 is 4.42 Å². The molecule has 98 valence electrons. The summed E-state index contributed by atoms with van der Waals surface area (Å²) in [4.78, 5) is 23.6. The van der Waals surface area contributed by atoms with Gasteiger partial charge >= 0.3 is 0 Å². The zero-order valence-corrected chi connectivity index (χ0v) is 10.1. The molecule has 5 heteroatoms. The van der Waals surface area contributed by atoms with Crippen LogP contribution in [-0.2, 0) is 0 Å². The Morgan fingerprint density at radius 2 is 1.79 bits per heavy atom. The van der Waals surface area contributed by atoms with Gasteiger partial charge in [-0.1, -0.05) is 0 Å². The number of benzene rings is 1. The normalized spacial score (nSPS) is 10.5. The first-order valence-electron chi connectivity index (χ1n) is 5.54. The van der Waals surface area contributed by atoms with Gasteiger partial charge in [0.15, 0.2) is 11.6 Å². The number of Topliss-reactive ketones (excluding diaryl/α,β-unsaturated/α-hetero) is 2. The zero-order chi connectivity index (χ0) is 14.0. The van der Waals surface area contributed by atoms with E-state index < -0.39 is 35.2 Å². The van der Waals surface area contributed by atoms with Crippen molar-refractivity contribution in [3.63, 3.8) is 0 Å². The fourth-order valence-corrected chi connectivity index (χ4v) is 1.72. The molecule has 0 bridgehead atoms. The number of hydrogen-bond acceptors (Lipinski definition) is 3. The first kappa shape index (κ1) is 13.1. The summed E-state index contributed by atoms with van der Waals surface area (Å²) < 4.78 is 31.3. The largest absolute Gasteiger partial charge is 0.469 e. The number of furan rings is 1. The number of carbonyl (C=O) groups excluding carboxylic acids is 2. The van der Waals surface area contributed by atoms with Crippen LogP contribution in [0, 0.1) is 18.6 Å². The fourth-order valence-electron chi connectivity index (χ4n) is 1.72. The van der Waals surface area contributed by atoms with Gasteiger partial charge in [-0.25, -0.2) is 8.78 Å². The molecule has 1 aromatic carbocycles.